The van der Waals surface area contributed by atoms with Gasteiger partial charge in [-0.2, -0.15) is 0 Å². The van der Waals surface area contributed by atoms with Crippen molar-refractivity contribution in [3.05, 3.63) is 123 Å². The zero-order valence-electron chi connectivity index (χ0n) is 34.8. The molecule has 1 atom stereocenters. The molecule has 0 bridgehead atoms. The van der Waals surface area contributed by atoms with E-state index in [0.717, 1.165) is 44.1 Å². The molecule has 2 aliphatic carbocycles. The predicted octanol–water partition coefficient (Wildman–Crippen LogP) is 15.8. The average molecular weight is 715 g/mol. The highest BCUT2D eigenvalue weighted by atomic mass is 14.5. The summed E-state index contributed by atoms with van der Waals surface area (Å²) in [5, 5.41) is 2.77. The second-order valence-electron chi connectivity index (χ2n) is 17.2. The summed E-state index contributed by atoms with van der Waals surface area (Å²) < 4.78 is 0. The second kappa shape index (κ2) is 17.6. The average Bonchev–Trinajstić information content (AvgIpc) is 3.45. The number of hydrogen-bond acceptors (Lipinski definition) is 0. The van der Waals surface area contributed by atoms with E-state index >= 15 is 0 Å². The molecule has 0 heteroatoms. The summed E-state index contributed by atoms with van der Waals surface area (Å²) in [6.45, 7) is 16.3. The van der Waals surface area contributed by atoms with E-state index in [1.807, 2.05) is 0 Å². The van der Waals surface area contributed by atoms with Gasteiger partial charge in [-0.05, 0) is 135 Å². The Balaban J connectivity index is 1.61. The molecule has 0 spiro atoms. The SMILES string of the molecule is C#C/C(=C\C(=C/C)C1(CCCCCCCC)c2cc(CC)ccc2-c2ccc(-c3c4c(c(C(C)(C)C)c5ccccc35)C=CCC4)cc21)CCCCCC. The predicted molar refractivity (Wildman–Crippen MR) is 238 cm³/mol. The van der Waals surface area contributed by atoms with Gasteiger partial charge < -0.3 is 0 Å². The number of benzene rings is 4. The van der Waals surface area contributed by atoms with E-state index in [0.29, 0.717) is 0 Å². The van der Waals surface area contributed by atoms with E-state index < -0.39 is 0 Å². The van der Waals surface area contributed by atoms with Gasteiger partial charge in [0.1, 0.15) is 0 Å². The molecular weight excluding hydrogens is 649 g/mol. The van der Waals surface area contributed by atoms with Crippen molar-refractivity contribution in [3.8, 4) is 34.6 Å². The smallest absolute Gasteiger partial charge is 0.0461 e. The summed E-state index contributed by atoms with van der Waals surface area (Å²) in [5.74, 6) is 3.17. The number of allylic oxidation sites excluding steroid dienone is 5. The first-order valence-electron chi connectivity index (χ1n) is 21.6. The van der Waals surface area contributed by atoms with Crippen molar-refractivity contribution < 1.29 is 0 Å². The monoisotopic (exact) mass is 715 g/mol. The first kappa shape index (κ1) is 39.6. The fourth-order valence-electron chi connectivity index (χ4n) is 9.82. The van der Waals surface area contributed by atoms with Crippen molar-refractivity contribution in [1.82, 2.24) is 0 Å². The van der Waals surface area contributed by atoms with Crippen LogP contribution in [-0.2, 0) is 23.7 Å². The Labute approximate surface area is 329 Å². The third kappa shape index (κ3) is 7.72. The molecule has 0 nitrogen and oxygen atoms in total. The van der Waals surface area contributed by atoms with Crippen LogP contribution in [0.1, 0.15) is 165 Å². The van der Waals surface area contributed by atoms with Gasteiger partial charge in [0, 0.05) is 11.0 Å². The van der Waals surface area contributed by atoms with Crippen molar-refractivity contribution in [3.63, 3.8) is 0 Å². The largest absolute Gasteiger partial charge is 0.115 e. The highest BCUT2D eigenvalue weighted by Gasteiger charge is 2.45. The molecule has 0 heterocycles. The minimum atomic E-state index is -0.266. The lowest BCUT2D eigenvalue weighted by molar-refractivity contribution is 0.504. The summed E-state index contributed by atoms with van der Waals surface area (Å²) in [6, 6.07) is 24.1. The summed E-state index contributed by atoms with van der Waals surface area (Å²) in [5.41, 5.74) is 16.6. The molecule has 282 valence electrons. The summed E-state index contributed by atoms with van der Waals surface area (Å²) in [4.78, 5) is 0. The third-order valence-corrected chi connectivity index (χ3v) is 12.5. The molecule has 0 aromatic heterocycles. The van der Waals surface area contributed by atoms with Crippen molar-refractivity contribution in [2.75, 3.05) is 0 Å². The Morgan fingerprint density at radius 1 is 0.796 bits per heavy atom. The van der Waals surface area contributed by atoms with Gasteiger partial charge in [0.2, 0.25) is 0 Å². The number of unbranched alkanes of at least 4 members (excludes halogenated alkanes) is 8. The second-order valence-corrected chi connectivity index (χ2v) is 17.2. The van der Waals surface area contributed by atoms with Crippen LogP contribution in [0, 0.1) is 12.3 Å². The quantitative estimate of drug-likeness (QED) is 0.0616. The van der Waals surface area contributed by atoms with E-state index in [4.69, 9.17) is 6.42 Å². The van der Waals surface area contributed by atoms with Crippen LogP contribution in [0.3, 0.4) is 0 Å². The van der Waals surface area contributed by atoms with Gasteiger partial charge in [-0.15, -0.1) is 6.42 Å². The summed E-state index contributed by atoms with van der Waals surface area (Å²) in [6.07, 6.45) is 33.8. The number of fused-ring (bicyclic) bond motifs is 5. The molecule has 2 aliphatic rings. The van der Waals surface area contributed by atoms with Crippen molar-refractivity contribution >= 4 is 16.8 Å². The molecule has 54 heavy (non-hydrogen) atoms. The molecule has 0 saturated carbocycles. The van der Waals surface area contributed by atoms with Gasteiger partial charge >= 0.3 is 0 Å². The number of hydrogen-bond donors (Lipinski definition) is 0. The zero-order chi connectivity index (χ0) is 38.3. The molecule has 0 radical (unpaired) electrons. The summed E-state index contributed by atoms with van der Waals surface area (Å²) in [7, 11) is 0. The maximum Gasteiger partial charge on any atom is 0.0461 e. The first-order chi connectivity index (χ1) is 26.2. The topological polar surface area (TPSA) is 0 Å². The molecule has 4 aromatic carbocycles. The van der Waals surface area contributed by atoms with Gasteiger partial charge in [0.15, 0.2) is 0 Å². The van der Waals surface area contributed by atoms with Crippen LogP contribution in [0.2, 0.25) is 0 Å². The van der Waals surface area contributed by atoms with Crippen molar-refractivity contribution in [1.29, 1.82) is 0 Å². The van der Waals surface area contributed by atoms with Gasteiger partial charge in [-0.25, -0.2) is 0 Å². The normalized spacial score (nSPS) is 16.7. The van der Waals surface area contributed by atoms with Crippen LogP contribution in [0.25, 0.3) is 39.1 Å². The highest BCUT2D eigenvalue weighted by molar-refractivity contribution is 6.04. The van der Waals surface area contributed by atoms with E-state index in [-0.39, 0.29) is 10.8 Å². The maximum absolute atomic E-state index is 6.34. The van der Waals surface area contributed by atoms with Crippen LogP contribution in [0.15, 0.2) is 90.0 Å². The Kier molecular flexibility index (Phi) is 12.9. The molecule has 0 N–H and O–H groups in total. The fourth-order valence-corrected chi connectivity index (χ4v) is 9.82. The van der Waals surface area contributed by atoms with E-state index in [1.165, 1.54) is 130 Å². The van der Waals surface area contributed by atoms with Gasteiger partial charge in [0.05, 0.1) is 0 Å². The molecule has 4 aromatic rings. The molecule has 1 unspecified atom stereocenters. The number of terminal acetylenes is 1. The van der Waals surface area contributed by atoms with E-state index in [1.54, 1.807) is 0 Å². The standard InChI is InChI=1S/C54H66/c1-9-14-16-18-19-25-35-54(42(13-5)36-39(11-3)26-20-17-15-10-2)49-37-40(12-4)31-33-43(49)44-34-32-41(38-50(44)54)51-45-27-21-23-29-47(45)52(53(6,7)8)48-30-24-22-28-46(48)51/h3,13,21,23-24,27,29-34,36-38H,9-10,12,14-20,22,25-26,28,35H2,1-2,4-8H3/b39-36+,42-13+. The zero-order valence-corrected chi connectivity index (χ0v) is 34.8. The Hall–Kier alpha value is -4.08. The van der Waals surface area contributed by atoms with Gasteiger partial charge in [-0.3, -0.25) is 0 Å². The molecule has 0 aliphatic heterocycles. The Morgan fingerprint density at radius 3 is 2.15 bits per heavy atom. The molecule has 0 amide bonds. The van der Waals surface area contributed by atoms with Crippen LogP contribution < -0.4 is 0 Å². The Morgan fingerprint density at radius 2 is 1.46 bits per heavy atom. The summed E-state index contributed by atoms with van der Waals surface area (Å²) >= 11 is 0. The maximum atomic E-state index is 6.34. The van der Waals surface area contributed by atoms with Crippen LogP contribution in [0.5, 0.6) is 0 Å². The molecule has 6 rings (SSSR count). The minimum Gasteiger partial charge on any atom is -0.115 e. The lowest BCUT2D eigenvalue weighted by atomic mass is 9.67. The number of aryl methyl sites for hydroxylation is 1. The van der Waals surface area contributed by atoms with E-state index in [2.05, 4.69) is 139 Å². The third-order valence-electron chi connectivity index (χ3n) is 12.5. The first-order valence-corrected chi connectivity index (χ1v) is 21.6. The Bertz CT molecular complexity index is 2080. The van der Waals surface area contributed by atoms with Crippen LogP contribution in [0.4, 0.5) is 0 Å². The lowest BCUT2D eigenvalue weighted by Crippen LogP contribution is -2.28. The molecule has 0 fully saturated rings. The van der Waals surface area contributed by atoms with Crippen molar-refractivity contribution in [2.45, 2.75) is 156 Å². The number of rotatable bonds is 16. The van der Waals surface area contributed by atoms with E-state index in [9.17, 15) is 0 Å². The lowest BCUT2D eigenvalue weighted by Gasteiger charge is -2.35. The highest BCUT2D eigenvalue weighted by Crippen LogP contribution is 2.57. The van der Waals surface area contributed by atoms with Gasteiger partial charge in [0.25, 0.3) is 0 Å². The van der Waals surface area contributed by atoms with Crippen LogP contribution >= 0.6 is 0 Å². The molecular formula is C54H66. The minimum absolute atomic E-state index is 0.0329. The van der Waals surface area contributed by atoms with Gasteiger partial charge in [-0.1, -0.05) is 178 Å². The van der Waals surface area contributed by atoms with Crippen molar-refractivity contribution in [2.24, 2.45) is 0 Å². The fraction of sp³-hybridized carbons (Fsp3) is 0.444. The van der Waals surface area contributed by atoms with Crippen LogP contribution in [-0.4, -0.2) is 0 Å². The molecule has 0 saturated heterocycles.